The number of piperidine rings is 1. The molecule has 2 N–H and O–H groups in total. The Hall–Kier alpha value is -2.08. The average molecular weight is 347 g/mol. The van der Waals surface area contributed by atoms with Gasteiger partial charge in [0.15, 0.2) is 6.61 Å². The van der Waals surface area contributed by atoms with E-state index in [1.807, 2.05) is 30.3 Å². The molecule has 138 valence electrons. The van der Waals surface area contributed by atoms with Crippen LogP contribution in [0.15, 0.2) is 30.3 Å². The van der Waals surface area contributed by atoms with Gasteiger partial charge in [-0.2, -0.15) is 0 Å². The maximum atomic E-state index is 12.3. The molecule has 1 saturated heterocycles. The van der Waals surface area contributed by atoms with E-state index in [0.717, 1.165) is 32.4 Å². The van der Waals surface area contributed by atoms with Gasteiger partial charge in [-0.15, -0.1) is 0 Å². The summed E-state index contributed by atoms with van der Waals surface area (Å²) in [6.45, 7) is 5.66. The molecule has 1 fully saturated rings. The Morgan fingerprint density at radius 3 is 2.76 bits per heavy atom. The van der Waals surface area contributed by atoms with E-state index >= 15 is 0 Å². The third-order valence-electron chi connectivity index (χ3n) is 4.28. The highest BCUT2D eigenvalue weighted by Gasteiger charge is 2.28. The van der Waals surface area contributed by atoms with Crippen molar-refractivity contribution in [1.29, 1.82) is 0 Å². The number of likely N-dealkylation sites (tertiary alicyclic amines) is 1. The maximum absolute atomic E-state index is 12.3. The number of nitrogens with one attached hydrogen (secondary N) is 2. The molecule has 0 spiro atoms. The van der Waals surface area contributed by atoms with Crippen molar-refractivity contribution in [3.05, 3.63) is 30.3 Å². The van der Waals surface area contributed by atoms with E-state index in [-0.39, 0.29) is 24.3 Å². The summed E-state index contributed by atoms with van der Waals surface area (Å²) in [7, 11) is 0. The number of hydrogen-bond acceptors (Lipinski definition) is 4. The molecule has 2 amide bonds. The van der Waals surface area contributed by atoms with Gasteiger partial charge in [0.25, 0.3) is 5.91 Å². The second-order valence-corrected chi connectivity index (χ2v) is 6.32. The number of carbonyl (C=O) groups excluding carboxylic acids is 2. The number of hydrogen-bond donors (Lipinski definition) is 2. The minimum Gasteiger partial charge on any atom is -0.484 e. The normalized spacial score (nSPS) is 17.2. The van der Waals surface area contributed by atoms with E-state index < -0.39 is 0 Å². The average Bonchev–Trinajstić information content (AvgIpc) is 2.66. The lowest BCUT2D eigenvalue weighted by Gasteiger charge is -2.32. The van der Waals surface area contributed by atoms with Crippen LogP contribution in [0.2, 0.25) is 0 Å². The molecule has 6 nitrogen and oxygen atoms in total. The van der Waals surface area contributed by atoms with Crippen molar-refractivity contribution in [2.45, 2.75) is 26.2 Å². The molecule has 0 aromatic heterocycles. The van der Waals surface area contributed by atoms with Crippen LogP contribution in [0.4, 0.5) is 0 Å². The zero-order valence-corrected chi connectivity index (χ0v) is 15.0. The summed E-state index contributed by atoms with van der Waals surface area (Å²) in [5.74, 6) is 0.535. The van der Waals surface area contributed by atoms with Gasteiger partial charge >= 0.3 is 0 Å². The zero-order valence-electron chi connectivity index (χ0n) is 15.0. The molecule has 0 radical (unpaired) electrons. The van der Waals surface area contributed by atoms with Gasteiger partial charge in [-0.25, -0.2) is 0 Å². The van der Waals surface area contributed by atoms with Crippen LogP contribution in [0.1, 0.15) is 26.2 Å². The molecule has 0 bridgehead atoms. The van der Waals surface area contributed by atoms with Crippen LogP contribution in [0, 0.1) is 5.92 Å². The third-order valence-corrected chi connectivity index (χ3v) is 4.28. The smallest absolute Gasteiger partial charge is 0.260 e. The van der Waals surface area contributed by atoms with Crippen LogP contribution in [-0.2, 0) is 9.59 Å². The molecular formula is C19H29N3O3. The summed E-state index contributed by atoms with van der Waals surface area (Å²) in [6, 6.07) is 9.30. The first kappa shape index (κ1) is 19.2. The van der Waals surface area contributed by atoms with E-state index in [0.29, 0.717) is 25.4 Å². The van der Waals surface area contributed by atoms with Gasteiger partial charge in [0.1, 0.15) is 5.75 Å². The molecule has 2 rings (SSSR count). The lowest BCUT2D eigenvalue weighted by Crippen LogP contribution is -2.47. The van der Waals surface area contributed by atoms with E-state index in [1.54, 1.807) is 4.90 Å². The molecule has 1 atom stereocenters. The monoisotopic (exact) mass is 347 g/mol. The fourth-order valence-electron chi connectivity index (χ4n) is 2.89. The summed E-state index contributed by atoms with van der Waals surface area (Å²) in [4.78, 5) is 26.3. The minimum absolute atomic E-state index is 0.0132. The molecule has 1 aliphatic rings. The summed E-state index contributed by atoms with van der Waals surface area (Å²) in [6.07, 6.45) is 2.76. The zero-order chi connectivity index (χ0) is 17.9. The first-order valence-electron chi connectivity index (χ1n) is 9.14. The first-order chi connectivity index (χ1) is 12.2. The summed E-state index contributed by atoms with van der Waals surface area (Å²) < 4.78 is 5.52. The van der Waals surface area contributed by atoms with Crippen molar-refractivity contribution < 1.29 is 14.3 Å². The van der Waals surface area contributed by atoms with Crippen molar-refractivity contribution in [2.75, 3.05) is 39.3 Å². The molecule has 1 aromatic rings. The molecule has 1 unspecified atom stereocenters. The predicted octanol–water partition coefficient (Wildman–Crippen LogP) is 1.42. The lowest BCUT2D eigenvalue weighted by atomic mass is 9.97. The molecule has 0 aliphatic carbocycles. The highest BCUT2D eigenvalue weighted by molar-refractivity contribution is 5.81. The van der Waals surface area contributed by atoms with Crippen LogP contribution in [0.5, 0.6) is 5.75 Å². The number of carbonyl (C=O) groups is 2. The van der Waals surface area contributed by atoms with E-state index in [9.17, 15) is 9.59 Å². The van der Waals surface area contributed by atoms with Crippen molar-refractivity contribution in [2.24, 2.45) is 5.92 Å². The van der Waals surface area contributed by atoms with Gasteiger partial charge in [0.2, 0.25) is 5.91 Å². The standard InChI is InChI=1S/C19H29N3O3/c1-2-10-20-11-12-21-19(24)16-7-6-13-22(14-16)18(23)15-25-17-8-4-3-5-9-17/h3-5,8-9,16,20H,2,6-7,10-15H2,1H3,(H,21,24). The molecule has 1 aromatic carbocycles. The van der Waals surface area contributed by atoms with Gasteiger partial charge in [-0.3, -0.25) is 9.59 Å². The Labute approximate surface area is 149 Å². The number of para-hydroxylation sites is 1. The second-order valence-electron chi connectivity index (χ2n) is 6.32. The molecule has 6 heteroatoms. The van der Waals surface area contributed by atoms with Gasteiger partial charge in [-0.05, 0) is 37.9 Å². The second kappa shape index (κ2) is 10.7. The van der Waals surface area contributed by atoms with Crippen molar-refractivity contribution in [3.63, 3.8) is 0 Å². The molecule has 25 heavy (non-hydrogen) atoms. The first-order valence-corrected chi connectivity index (χ1v) is 9.14. The quantitative estimate of drug-likeness (QED) is 0.663. The SMILES string of the molecule is CCCNCCNC(=O)C1CCCN(C(=O)COc2ccccc2)C1. The predicted molar refractivity (Wildman–Crippen MR) is 97.4 cm³/mol. The summed E-state index contributed by atoms with van der Waals surface area (Å²) >= 11 is 0. The summed E-state index contributed by atoms with van der Waals surface area (Å²) in [5.41, 5.74) is 0. The van der Waals surface area contributed by atoms with Gasteiger partial charge in [-0.1, -0.05) is 25.1 Å². The van der Waals surface area contributed by atoms with E-state index in [2.05, 4.69) is 17.6 Å². The summed E-state index contributed by atoms with van der Waals surface area (Å²) in [5, 5.41) is 6.21. The molecule has 1 aliphatic heterocycles. The molecule has 1 heterocycles. The van der Waals surface area contributed by atoms with Crippen LogP contribution < -0.4 is 15.4 Å². The number of rotatable bonds is 9. The number of ether oxygens (including phenoxy) is 1. The van der Waals surface area contributed by atoms with E-state index in [1.165, 1.54) is 0 Å². The van der Waals surface area contributed by atoms with Crippen LogP contribution in [-0.4, -0.2) is 56.0 Å². The fraction of sp³-hybridized carbons (Fsp3) is 0.579. The van der Waals surface area contributed by atoms with E-state index in [4.69, 9.17) is 4.74 Å². The Kier molecular flexibility index (Phi) is 8.25. The minimum atomic E-state index is -0.124. The topological polar surface area (TPSA) is 70.7 Å². The van der Waals surface area contributed by atoms with Crippen LogP contribution in [0.25, 0.3) is 0 Å². The van der Waals surface area contributed by atoms with Crippen molar-refractivity contribution in [3.8, 4) is 5.75 Å². The third kappa shape index (κ3) is 6.74. The highest BCUT2D eigenvalue weighted by atomic mass is 16.5. The van der Waals surface area contributed by atoms with Crippen molar-refractivity contribution in [1.82, 2.24) is 15.5 Å². The number of amides is 2. The largest absolute Gasteiger partial charge is 0.484 e. The molecular weight excluding hydrogens is 318 g/mol. The Bertz CT molecular complexity index is 536. The van der Waals surface area contributed by atoms with Gasteiger partial charge in [0, 0.05) is 26.2 Å². The number of benzene rings is 1. The lowest BCUT2D eigenvalue weighted by molar-refractivity contribution is -0.137. The maximum Gasteiger partial charge on any atom is 0.260 e. The fourth-order valence-corrected chi connectivity index (χ4v) is 2.89. The van der Waals surface area contributed by atoms with Gasteiger partial charge in [0.05, 0.1) is 5.92 Å². The Morgan fingerprint density at radius 1 is 1.20 bits per heavy atom. The van der Waals surface area contributed by atoms with Crippen LogP contribution in [0.3, 0.4) is 0 Å². The van der Waals surface area contributed by atoms with Gasteiger partial charge < -0.3 is 20.3 Å². The Morgan fingerprint density at radius 2 is 2.00 bits per heavy atom. The van der Waals surface area contributed by atoms with Crippen molar-refractivity contribution >= 4 is 11.8 Å². The highest BCUT2D eigenvalue weighted by Crippen LogP contribution is 2.17. The van der Waals surface area contributed by atoms with Crippen LogP contribution >= 0.6 is 0 Å². The molecule has 0 saturated carbocycles. The number of nitrogens with zero attached hydrogens (tertiary/aromatic N) is 1. The Balaban J connectivity index is 1.71.